The second-order valence-electron chi connectivity index (χ2n) is 4.47. The SMILES string of the molecule is CCCCC(c1cc2[nH]ccc(=O)c2s1)C(F)(F)F. The standard InChI is InChI=1S/C13H14F3NOS/c1-2-3-4-8(13(14,15)16)11-7-9-12(19-11)10(18)5-6-17-9/h5-8H,2-4H2,1H3,(H,17,18). The van der Waals surface area contributed by atoms with Crippen molar-refractivity contribution in [3.63, 3.8) is 0 Å². The van der Waals surface area contributed by atoms with Gasteiger partial charge in [0.05, 0.1) is 16.1 Å². The average Bonchev–Trinajstić information content (AvgIpc) is 2.73. The predicted octanol–water partition coefficient (Wildman–Crippen LogP) is 4.43. The summed E-state index contributed by atoms with van der Waals surface area (Å²) in [7, 11) is 0. The molecule has 0 spiro atoms. The fourth-order valence-corrected chi connectivity index (χ4v) is 3.23. The van der Waals surface area contributed by atoms with Crippen molar-refractivity contribution in [3.8, 4) is 0 Å². The Hall–Kier alpha value is -1.30. The summed E-state index contributed by atoms with van der Waals surface area (Å²) in [5.41, 5.74) is 0.250. The van der Waals surface area contributed by atoms with Crippen molar-refractivity contribution < 1.29 is 13.2 Å². The van der Waals surface area contributed by atoms with E-state index >= 15 is 0 Å². The minimum absolute atomic E-state index is 0.0704. The molecule has 19 heavy (non-hydrogen) atoms. The Morgan fingerprint density at radius 2 is 2.16 bits per heavy atom. The van der Waals surface area contributed by atoms with E-state index in [1.165, 1.54) is 18.3 Å². The van der Waals surface area contributed by atoms with E-state index in [1.54, 1.807) is 0 Å². The summed E-state index contributed by atoms with van der Waals surface area (Å²) in [5, 5.41) is 0. The number of rotatable bonds is 4. The highest BCUT2D eigenvalue weighted by Crippen LogP contribution is 2.42. The van der Waals surface area contributed by atoms with E-state index in [1.807, 2.05) is 6.92 Å². The topological polar surface area (TPSA) is 32.9 Å². The van der Waals surface area contributed by atoms with E-state index in [0.717, 1.165) is 17.8 Å². The van der Waals surface area contributed by atoms with Gasteiger partial charge in [-0.25, -0.2) is 0 Å². The molecular weight excluding hydrogens is 275 g/mol. The van der Waals surface area contributed by atoms with Gasteiger partial charge < -0.3 is 4.98 Å². The lowest BCUT2D eigenvalue weighted by Gasteiger charge is -2.18. The molecule has 104 valence electrons. The van der Waals surface area contributed by atoms with Crippen LogP contribution in [0.3, 0.4) is 0 Å². The van der Waals surface area contributed by atoms with Crippen LogP contribution in [0.15, 0.2) is 23.1 Å². The fraction of sp³-hybridized carbons (Fsp3) is 0.462. The van der Waals surface area contributed by atoms with Crippen molar-refractivity contribution in [3.05, 3.63) is 33.4 Å². The van der Waals surface area contributed by atoms with Crippen LogP contribution in [0.4, 0.5) is 13.2 Å². The Morgan fingerprint density at radius 1 is 1.42 bits per heavy atom. The highest BCUT2D eigenvalue weighted by Gasteiger charge is 2.41. The maximum Gasteiger partial charge on any atom is 0.396 e. The number of hydrogen-bond acceptors (Lipinski definition) is 2. The summed E-state index contributed by atoms with van der Waals surface area (Å²) in [6, 6.07) is 2.78. The van der Waals surface area contributed by atoms with Crippen LogP contribution in [0.25, 0.3) is 10.2 Å². The molecule has 0 aliphatic rings. The third-order valence-electron chi connectivity index (χ3n) is 3.03. The van der Waals surface area contributed by atoms with Gasteiger partial charge in [-0.05, 0) is 12.5 Å². The second kappa shape index (κ2) is 5.36. The molecule has 0 saturated carbocycles. The quantitative estimate of drug-likeness (QED) is 0.887. The van der Waals surface area contributed by atoms with Crippen LogP contribution in [0.1, 0.15) is 37.0 Å². The molecule has 0 fully saturated rings. The molecule has 2 aromatic rings. The van der Waals surface area contributed by atoms with Gasteiger partial charge in [-0.3, -0.25) is 4.79 Å². The van der Waals surface area contributed by atoms with E-state index < -0.39 is 12.1 Å². The van der Waals surface area contributed by atoms with Gasteiger partial charge in [0.1, 0.15) is 0 Å². The number of alkyl halides is 3. The lowest BCUT2D eigenvalue weighted by atomic mass is 10.00. The van der Waals surface area contributed by atoms with Crippen LogP contribution in [-0.4, -0.2) is 11.2 Å². The number of aromatic nitrogens is 1. The molecule has 1 N–H and O–H groups in total. The number of unbranched alkanes of at least 4 members (excludes halogenated alkanes) is 1. The Kier molecular flexibility index (Phi) is 3.99. The zero-order valence-electron chi connectivity index (χ0n) is 10.4. The Bertz CT molecular complexity index is 614. The van der Waals surface area contributed by atoms with Crippen LogP contribution in [0.5, 0.6) is 0 Å². The van der Waals surface area contributed by atoms with E-state index in [9.17, 15) is 18.0 Å². The molecule has 0 aliphatic carbocycles. The van der Waals surface area contributed by atoms with Gasteiger partial charge in [0, 0.05) is 17.1 Å². The number of thiophene rings is 1. The molecule has 2 nitrogen and oxygen atoms in total. The van der Waals surface area contributed by atoms with Gasteiger partial charge in [-0.15, -0.1) is 11.3 Å². The molecule has 2 aromatic heterocycles. The molecule has 1 unspecified atom stereocenters. The summed E-state index contributed by atoms with van der Waals surface area (Å²) in [4.78, 5) is 14.6. The zero-order chi connectivity index (χ0) is 14.0. The maximum atomic E-state index is 13.1. The number of aromatic amines is 1. The van der Waals surface area contributed by atoms with Gasteiger partial charge in [0.25, 0.3) is 0 Å². The normalized spacial score (nSPS) is 13.9. The Balaban J connectivity index is 2.44. The van der Waals surface area contributed by atoms with Crippen LogP contribution in [0.2, 0.25) is 0 Å². The first kappa shape index (κ1) is 14.1. The highest BCUT2D eigenvalue weighted by atomic mass is 32.1. The van der Waals surface area contributed by atoms with Crippen molar-refractivity contribution in [1.29, 1.82) is 0 Å². The van der Waals surface area contributed by atoms with Gasteiger partial charge >= 0.3 is 6.18 Å². The van der Waals surface area contributed by atoms with E-state index in [-0.39, 0.29) is 16.7 Å². The third kappa shape index (κ3) is 3.00. The van der Waals surface area contributed by atoms with Gasteiger partial charge in [-0.1, -0.05) is 19.8 Å². The first-order valence-electron chi connectivity index (χ1n) is 6.11. The summed E-state index contributed by atoms with van der Waals surface area (Å²) >= 11 is 0.946. The molecule has 2 rings (SSSR count). The number of halogens is 3. The first-order chi connectivity index (χ1) is 8.93. The Morgan fingerprint density at radius 3 is 2.74 bits per heavy atom. The van der Waals surface area contributed by atoms with Crippen molar-refractivity contribution in [1.82, 2.24) is 4.98 Å². The van der Waals surface area contributed by atoms with Crippen LogP contribution >= 0.6 is 11.3 Å². The molecule has 0 aliphatic heterocycles. The average molecular weight is 289 g/mol. The van der Waals surface area contributed by atoms with Gasteiger partial charge in [-0.2, -0.15) is 13.2 Å². The largest absolute Gasteiger partial charge is 0.396 e. The van der Waals surface area contributed by atoms with Crippen LogP contribution in [0, 0.1) is 0 Å². The molecule has 0 saturated heterocycles. The third-order valence-corrected chi connectivity index (χ3v) is 4.30. The fourth-order valence-electron chi connectivity index (χ4n) is 2.03. The molecule has 2 heterocycles. The van der Waals surface area contributed by atoms with Gasteiger partial charge in [0.15, 0.2) is 5.43 Å². The van der Waals surface area contributed by atoms with Crippen molar-refractivity contribution in [2.24, 2.45) is 0 Å². The molecule has 0 radical (unpaired) electrons. The monoisotopic (exact) mass is 289 g/mol. The van der Waals surface area contributed by atoms with E-state index in [4.69, 9.17) is 0 Å². The minimum atomic E-state index is -4.26. The number of fused-ring (bicyclic) bond motifs is 1. The van der Waals surface area contributed by atoms with E-state index in [0.29, 0.717) is 16.6 Å². The lowest BCUT2D eigenvalue weighted by Crippen LogP contribution is -2.19. The molecule has 1 atom stereocenters. The summed E-state index contributed by atoms with van der Waals surface area (Å²) in [6.45, 7) is 1.86. The van der Waals surface area contributed by atoms with Crippen molar-refractivity contribution in [2.45, 2.75) is 38.3 Å². The maximum absolute atomic E-state index is 13.1. The first-order valence-corrected chi connectivity index (χ1v) is 6.93. The Labute approximate surface area is 112 Å². The predicted molar refractivity (Wildman–Crippen MR) is 70.8 cm³/mol. The molecule has 0 aromatic carbocycles. The number of H-pyrrole nitrogens is 1. The molecular formula is C13H14F3NOS. The number of pyridine rings is 1. The lowest BCUT2D eigenvalue weighted by molar-refractivity contribution is -0.151. The molecule has 0 amide bonds. The van der Waals surface area contributed by atoms with Crippen molar-refractivity contribution >= 4 is 21.6 Å². The minimum Gasteiger partial charge on any atom is -0.360 e. The van der Waals surface area contributed by atoms with E-state index in [2.05, 4.69) is 4.98 Å². The molecule has 0 bridgehead atoms. The highest BCUT2D eigenvalue weighted by molar-refractivity contribution is 7.19. The van der Waals surface area contributed by atoms with Crippen LogP contribution < -0.4 is 5.43 Å². The zero-order valence-corrected chi connectivity index (χ0v) is 11.2. The number of nitrogens with one attached hydrogen (secondary N) is 1. The number of hydrogen-bond donors (Lipinski definition) is 1. The molecule has 6 heteroatoms. The van der Waals surface area contributed by atoms with Crippen molar-refractivity contribution in [2.75, 3.05) is 0 Å². The van der Waals surface area contributed by atoms with Gasteiger partial charge in [0.2, 0.25) is 0 Å². The van der Waals surface area contributed by atoms with Crippen LogP contribution in [-0.2, 0) is 0 Å². The summed E-state index contributed by atoms with van der Waals surface area (Å²) in [5.74, 6) is -1.47. The smallest absolute Gasteiger partial charge is 0.360 e. The summed E-state index contributed by atoms with van der Waals surface area (Å²) < 4.78 is 39.6. The second-order valence-corrected chi connectivity index (χ2v) is 5.55. The summed E-state index contributed by atoms with van der Waals surface area (Å²) in [6.07, 6.45) is -1.50.